The number of halogens is 2. The van der Waals surface area contributed by atoms with Crippen LogP contribution in [-0.2, 0) is 0 Å². The van der Waals surface area contributed by atoms with Crippen LogP contribution in [0, 0.1) is 11.6 Å². The van der Waals surface area contributed by atoms with Crippen LogP contribution in [0.5, 0.6) is 0 Å². The molecule has 0 atom stereocenters. The average Bonchev–Trinajstić information content (AvgIpc) is 2.28. The van der Waals surface area contributed by atoms with Crippen molar-refractivity contribution in [2.75, 3.05) is 23.7 Å². The number of nitrogens with two attached hydrogens (primary N) is 1. The number of hydrogen-bond acceptors (Lipinski definition) is 4. The van der Waals surface area contributed by atoms with Gasteiger partial charge in [0.2, 0.25) is 0 Å². The monoisotopic (exact) mass is 241 g/mol. The number of anilines is 2. The fraction of sp³-hybridized carbons (Fsp3) is 0.364. The quantitative estimate of drug-likeness (QED) is 0.449. The smallest absolute Gasteiger partial charge is 0.151 e. The van der Waals surface area contributed by atoms with Crippen LogP contribution >= 0.6 is 0 Å². The largest absolute Gasteiger partial charge is 0.411 e. The highest BCUT2D eigenvalue weighted by Crippen LogP contribution is 2.27. The summed E-state index contributed by atoms with van der Waals surface area (Å²) >= 11 is 0. The zero-order valence-corrected chi connectivity index (χ0v) is 9.16. The highest BCUT2D eigenvalue weighted by atomic mass is 19.1. The van der Waals surface area contributed by atoms with Crippen molar-refractivity contribution >= 4 is 17.1 Å². The van der Waals surface area contributed by atoms with Crippen molar-refractivity contribution in [2.45, 2.75) is 12.8 Å². The summed E-state index contributed by atoms with van der Waals surface area (Å²) in [4.78, 5) is 1.60. The summed E-state index contributed by atoms with van der Waals surface area (Å²) in [6, 6.07) is 2.21. The number of hydrogen-bond donors (Lipinski definition) is 2. The summed E-state index contributed by atoms with van der Waals surface area (Å²) in [7, 11) is 0. The second kappa shape index (κ2) is 4.57. The molecule has 3 N–H and O–H groups in total. The van der Waals surface area contributed by atoms with E-state index in [1.807, 2.05) is 0 Å². The van der Waals surface area contributed by atoms with Gasteiger partial charge in [-0.3, -0.25) is 0 Å². The third-order valence-corrected chi connectivity index (χ3v) is 2.84. The number of nitrogens with zero attached hydrogens (tertiary/aromatic N) is 2. The Balaban J connectivity index is 2.24. The predicted molar refractivity (Wildman–Crippen MR) is 61.4 cm³/mol. The lowest BCUT2D eigenvalue weighted by atomic mass is 10.1. The lowest BCUT2D eigenvalue weighted by Gasteiger charge is -2.29. The molecule has 1 aliphatic rings. The normalized spacial score (nSPS) is 16.1. The second-order valence-electron chi connectivity index (χ2n) is 3.99. The predicted octanol–water partition coefficient (Wildman–Crippen LogP) is 1.98. The second-order valence-corrected chi connectivity index (χ2v) is 3.99. The van der Waals surface area contributed by atoms with Crippen molar-refractivity contribution in [1.29, 1.82) is 0 Å². The first-order valence-electron chi connectivity index (χ1n) is 5.31. The SMILES string of the molecule is Nc1cc(F)c(N2CCC(=NO)CC2)c(F)c1. The molecule has 1 aromatic carbocycles. The van der Waals surface area contributed by atoms with E-state index in [1.54, 1.807) is 4.90 Å². The zero-order valence-electron chi connectivity index (χ0n) is 9.16. The molecule has 0 radical (unpaired) electrons. The first-order valence-corrected chi connectivity index (χ1v) is 5.31. The van der Waals surface area contributed by atoms with Gasteiger partial charge in [-0.25, -0.2) is 8.78 Å². The van der Waals surface area contributed by atoms with Crippen LogP contribution in [-0.4, -0.2) is 24.0 Å². The summed E-state index contributed by atoms with van der Waals surface area (Å²) in [5.41, 5.74) is 6.01. The molecule has 1 heterocycles. The van der Waals surface area contributed by atoms with Crippen molar-refractivity contribution in [3.05, 3.63) is 23.8 Å². The van der Waals surface area contributed by atoms with Crippen LogP contribution in [0.1, 0.15) is 12.8 Å². The van der Waals surface area contributed by atoms with Crippen molar-refractivity contribution in [3.8, 4) is 0 Å². The van der Waals surface area contributed by atoms with Gasteiger partial charge < -0.3 is 15.8 Å². The van der Waals surface area contributed by atoms with E-state index in [-0.39, 0.29) is 11.4 Å². The third kappa shape index (κ3) is 2.30. The number of nitrogen functional groups attached to an aromatic ring is 1. The van der Waals surface area contributed by atoms with Gasteiger partial charge in [-0.2, -0.15) is 0 Å². The fourth-order valence-electron chi connectivity index (χ4n) is 1.98. The van der Waals surface area contributed by atoms with Crippen molar-refractivity contribution < 1.29 is 14.0 Å². The lowest BCUT2D eigenvalue weighted by molar-refractivity contribution is 0.315. The summed E-state index contributed by atoms with van der Waals surface area (Å²) in [6.07, 6.45) is 1.000. The van der Waals surface area contributed by atoms with Crippen LogP contribution in [0.25, 0.3) is 0 Å². The molecule has 0 spiro atoms. The molecule has 0 aromatic heterocycles. The molecule has 2 rings (SSSR count). The molecule has 92 valence electrons. The maximum Gasteiger partial charge on any atom is 0.151 e. The molecule has 1 saturated heterocycles. The van der Waals surface area contributed by atoms with Gasteiger partial charge in [0, 0.05) is 31.6 Å². The summed E-state index contributed by atoms with van der Waals surface area (Å²) in [5.74, 6) is -1.32. The Morgan fingerprint density at radius 3 is 2.18 bits per heavy atom. The van der Waals surface area contributed by atoms with Crippen LogP contribution in [0.4, 0.5) is 20.2 Å². The van der Waals surface area contributed by atoms with Crippen LogP contribution in [0.3, 0.4) is 0 Å². The van der Waals surface area contributed by atoms with E-state index < -0.39 is 11.6 Å². The van der Waals surface area contributed by atoms with Gasteiger partial charge in [-0.05, 0) is 12.1 Å². The van der Waals surface area contributed by atoms with E-state index in [9.17, 15) is 8.78 Å². The first-order chi connectivity index (χ1) is 8.11. The standard InChI is InChI=1S/C11H13F2N3O/c12-9-5-7(14)6-10(13)11(9)16-3-1-8(15-17)2-4-16/h5-6,17H,1-4,14H2. The molecule has 6 heteroatoms. The Hall–Kier alpha value is -1.85. The molecular weight excluding hydrogens is 228 g/mol. The van der Waals surface area contributed by atoms with Gasteiger partial charge in [-0.1, -0.05) is 5.16 Å². The zero-order chi connectivity index (χ0) is 12.4. The molecule has 0 saturated carbocycles. The molecule has 17 heavy (non-hydrogen) atoms. The minimum Gasteiger partial charge on any atom is -0.411 e. The van der Waals surface area contributed by atoms with Gasteiger partial charge in [0.05, 0.1) is 5.71 Å². The molecular formula is C11H13F2N3O. The molecule has 0 aliphatic carbocycles. The van der Waals surface area contributed by atoms with E-state index in [0.717, 1.165) is 12.1 Å². The number of piperidine rings is 1. The lowest BCUT2D eigenvalue weighted by Crippen LogP contribution is -2.35. The molecule has 0 amide bonds. The van der Waals surface area contributed by atoms with Crippen LogP contribution in [0.15, 0.2) is 17.3 Å². The van der Waals surface area contributed by atoms with E-state index >= 15 is 0 Å². The topological polar surface area (TPSA) is 61.8 Å². The van der Waals surface area contributed by atoms with Gasteiger partial charge >= 0.3 is 0 Å². The average molecular weight is 241 g/mol. The highest BCUT2D eigenvalue weighted by Gasteiger charge is 2.22. The maximum atomic E-state index is 13.6. The minimum absolute atomic E-state index is 0.0591. The molecule has 1 aromatic rings. The van der Waals surface area contributed by atoms with Crippen LogP contribution < -0.4 is 10.6 Å². The number of rotatable bonds is 1. The Labute approximate surface area is 97.3 Å². The minimum atomic E-state index is -0.660. The number of oxime groups is 1. The first kappa shape index (κ1) is 11.6. The highest BCUT2D eigenvalue weighted by molar-refractivity contribution is 5.86. The molecule has 1 fully saturated rings. The fourth-order valence-corrected chi connectivity index (χ4v) is 1.98. The van der Waals surface area contributed by atoms with Crippen molar-refractivity contribution in [2.24, 2.45) is 5.16 Å². The van der Waals surface area contributed by atoms with Crippen molar-refractivity contribution in [1.82, 2.24) is 0 Å². The van der Waals surface area contributed by atoms with Gasteiger partial charge in [-0.15, -0.1) is 0 Å². The molecule has 0 unspecified atom stereocenters. The van der Waals surface area contributed by atoms with Gasteiger partial charge in [0.25, 0.3) is 0 Å². The van der Waals surface area contributed by atoms with E-state index in [1.165, 1.54) is 0 Å². The van der Waals surface area contributed by atoms with Gasteiger partial charge in [0.1, 0.15) is 5.69 Å². The van der Waals surface area contributed by atoms with Crippen LogP contribution in [0.2, 0.25) is 0 Å². The van der Waals surface area contributed by atoms with Gasteiger partial charge in [0.15, 0.2) is 11.6 Å². The maximum absolute atomic E-state index is 13.6. The summed E-state index contributed by atoms with van der Waals surface area (Å²) in [6.45, 7) is 0.855. The van der Waals surface area contributed by atoms with E-state index in [2.05, 4.69) is 5.16 Å². The third-order valence-electron chi connectivity index (χ3n) is 2.84. The Kier molecular flexibility index (Phi) is 3.12. The molecule has 0 bridgehead atoms. The summed E-state index contributed by atoms with van der Waals surface area (Å²) < 4.78 is 27.3. The number of benzene rings is 1. The molecule has 4 nitrogen and oxygen atoms in total. The Bertz CT molecular complexity index is 429. The molecule has 1 aliphatic heterocycles. The van der Waals surface area contributed by atoms with E-state index in [4.69, 9.17) is 10.9 Å². The Morgan fingerprint density at radius 2 is 1.71 bits per heavy atom. The Morgan fingerprint density at radius 1 is 1.18 bits per heavy atom. The van der Waals surface area contributed by atoms with E-state index in [0.29, 0.717) is 31.6 Å². The van der Waals surface area contributed by atoms with Crippen molar-refractivity contribution in [3.63, 3.8) is 0 Å². The summed E-state index contributed by atoms with van der Waals surface area (Å²) in [5, 5.41) is 11.7.